The molecule has 0 aliphatic rings. The number of pyridine rings is 1. The first-order valence-electron chi connectivity index (χ1n) is 6.38. The van der Waals surface area contributed by atoms with Crippen molar-refractivity contribution in [2.24, 2.45) is 0 Å². The van der Waals surface area contributed by atoms with Gasteiger partial charge in [0, 0.05) is 21.3 Å². The lowest BCUT2D eigenvalue weighted by Crippen LogP contribution is -2.00. The summed E-state index contributed by atoms with van der Waals surface area (Å²) >= 11 is 5.99. The van der Waals surface area contributed by atoms with Gasteiger partial charge in [0.05, 0.1) is 22.1 Å². The van der Waals surface area contributed by atoms with Crippen LogP contribution in [0.4, 0.5) is 0 Å². The maximum atomic E-state index is 11.7. The fourth-order valence-electron chi connectivity index (χ4n) is 2.71. The Balaban J connectivity index is 2.32. The summed E-state index contributed by atoms with van der Waals surface area (Å²) in [5.74, 6) is -0.999. The normalized spacial score (nSPS) is 11.5. The third-order valence-electron chi connectivity index (χ3n) is 3.60. The number of aromatic carboxylic acids is 1. The smallest absolute Gasteiger partial charge is 0.338 e. The average molecular weight is 297 g/mol. The SMILES string of the molecule is O=C(O)c1c2cc(Cl)ccc2nc2c1[nH]c1ccccc12. The maximum Gasteiger partial charge on any atom is 0.338 e. The third kappa shape index (κ3) is 1.69. The number of para-hydroxylation sites is 1. The van der Waals surface area contributed by atoms with Gasteiger partial charge in [0.1, 0.15) is 0 Å². The molecule has 21 heavy (non-hydrogen) atoms. The molecule has 0 amide bonds. The second kappa shape index (κ2) is 4.20. The lowest BCUT2D eigenvalue weighted by Gasteiger charge is -2.04. The van der Waals surface area contributed by atoms with Gasteiger partial charge in [0.2, 0.25) is 0 Å². The molecule has 2 N–H and O–H groups in total. The zero-order valence-electron chi connectivity index (χ0n) is 10.7. The number of nitrogens with one attached hydrogen (secondary N) is 1. The van der Waals surface area contributed by atoms with Crippen molar-refractivity contribution in [3.8, 4) is 0 Å². The highest BCUT2D eigenvalue weighted by atomic mass is 35.5. The topological polar surface area (TPSA) is 66.0 Å². The van der Waals surface area contributed by atoms with Gasteiger partial charge < -0.3 is 10.1 Å². The number of hydrogen-bond donors (Lipinski definition) is 2. The molecule has 4 aromatic rings. The molecule has 2 aromatic heterocycles. The lowest BCUT2D eigenvalue weighted by molar-refractivity contribution is 0.0701. The van der Waals surface area contributed by atoms with Crippen molar-refractivity contribution in [1.29, 1.82) is 0 Å². The number of hydrogen-bond acceptors (Lipinski definition) is 2. The minimum absolute atomic E-state index is 0.203. The van der Waals surface area contributed by atoms with E-state index in [1.54, 1.807) is 18.2 Å². The number of aromatic amines is 1. The molecule has 102 valence electrons. The molecule has 2 heterocycles. The van der Waals surface area contributed by atoms with Crippen molar-refractivity contribution in [3.63, 3.8) is 0 Å². The predicted octanol–water partition coefficient (Wildman–Crippen LogP) is 4.22. The van der Waals surface area contributed by atoms with E-state index >= 15 is 0 Å². The highest BCUT2D eigenvalue weighted by molar-refractivity contribution is 6.32. The highest BCUT2D eigenvalue weighted by Gasteiger charge is 2.18. The number of H-pyrrole nitrogens is 1. The number of fused-ring (bicyclic) bond motifs is 4. The number of carboxylic acid groups (broad SMARTS) is 1. The molecule has 0 aliphatic carbocycles. The van der Waals surface area contributed by atoms with Crippen LogP contribution in [0, 0.1) is 0 Å². The van der Waals surface area contributed by atoms with Crippen molar-refractivity contribution in [1.82, 2.24) is 9.97 Å². The lowest BCUT2D eigenvalue weighted by atomic mass is 10.1. The van der Waals surface area contributed by atoms with Crippen molar-refractivity contribution in [3.05, 3.63) is 53.1 Å². The van der Waals surface area contributed by atoms with Gasteiger partial charge in [-0.2, -0.15) is 0 Å². The van der Waals surface area contributed by atoms with E-state index in [0.717, 1.165) is 10.9 Å². The van der Waals surface area contributed by atoms with Gasteiger partial charge >= 0.3 is 5.97 Å². The molecule has 5 heteroatoms. The molecule has 0 fully saturated rings. The molecular weight excluding hydrogens is 288 g/mol. The molecule has 0 bridgehead atoms. The van der Waals surface area contributed by atoms with Crippen LogP contribution < -0.4 is 0 Å². The summed E-state index contributed by atoms with van der Waals surface area (Å²) in [6.07, 6.45) is 0. The van der Waals surface area contributed by atoms with Crippen LogP contribution in [0.2, 0.25) is 5.02 Å². The predicted molar refractivity (Wildman–Crippen MR) is 83.1 cm³/mol. The summed E-state index contributed by atoms with van der Waals surface area (Å²) in [6.45, 7) is 0. The van der Waals surface area contributed by atoms with Gasteiger partial charge in [-0.05, 0) is 24.3 Å². The molecule has 0 radical (unpaired) electrons. The van der Waals surface area contributed by atoms with Crippen LogP contribution in [0.15, 0.2) is 42.5 Å². The van der Waals surface area contributed by atoms with Gasteiger partial charge in [-0.3, -0.25) is 0 Å². The first kappa shape index (κ1) is 12.2. The van der Waals surface area contributed by atoms with Crippen LogP contribution in [0.3, 0.4) is 0 Å². The summed E-state index contributed by atoms with van der Waals surface area (Å²) in [5.41, 5.74) is 2.88. The van der Waals surface area contributed by atoms with Crippen LogP contribution in [-0.4, -0.2) is 21.0 Å². The van der Waals surface area contributed by atoms with E-state index in [0.29, 0.717) is 27.0 Å². The summed E-state index contributed by atoms with van der Waals surface area (Å²) in [5, 5.41) is 11.5. The minimum Gasteiger partial charge on any atom is -0.478 e. The number of rotatable bonds is 1. The Labute approximate surface area is 124 Å². The van der Waals surface area contributed by atoms with E-state index in [9.17, 15) is 9.90 Å². The van der Waals surface area contributed by atoms with Gasteiger partial charge in [-0.25, -0.2) is 9.78 Å². The molecule has 0 saturated heterocycles. The van der Waals surface area contributed by atoms with Crippen molar-refractivity contribution in [2.45, 2.75) is 0 Å². The fourth-order valence-corrected chi connectivity index (χ4v) is 2.88. The Kier molecular flexibility index (Phi) is 2.43. The Bertz CT molecular complexity index is 1040. The summed E-state index contributed by atoms with van der Waals surface area (Å²) in [6, 6.07) is 12.7. The summed E-state index contributed by atoms with van der Waals surface area (Å²) < 4.78 is 0. The molecule has 0 saturated carbocycles. The Morgan fingerprint density at radius 3 is 2.76 bits per heavy atom. The number of carbonyl (C=O) groups is 1. The van der Waals surface area contributed by atoms with E-state index in [-0.39, 0.29) is 5.56 Å². The van der Waals surface area contributed by atoms with Crippen molar-refractivity contribution < 1.29 is 9.90 Å². The minimum atomic E-state index is -0.999. The van der Waals surface area contributed by atoms with E-state index in [1.807, 2.05) is 24.3 Å². The monoisotopic (exact) mass is 296 g/mol. The Hall–Kier alpha value is -2.59. The van der Waals surface area contributed by atoms with Crippen LogP contribution in [0.25, 0.3) is 32.8 Å². The van der Waals surface area contributed by atoms with Gasteiger partial charge in [-0.15, -0.1) is 0 Å². The van der Waals surface area contributed by atoms with E-state index in [4.69, 9.17) is 11.6 Å². The zero-order valence-corrected chi connectivity index (χ0v) is 11.5. The van der Waals surface area contributed by atoms with E-state index in [2.05, 4.69) is 9.97 Å². The maximum absolute atomic E-state index is 11.7. The first-order valence-corrected chi connectivity index (χ1v) is 6.76. The second-order valence-electron chi connectivity index (χ2n) is 4.85. The van der Waals surface area contributed by atoms with E-state index in [1.165, 1.54) is 0 Å². The Morgan fingerprint density at radius 1 is 1.14 bits per heavy atom. The zero-order chi connectivity index (χ0) is 14.6. The molecule has 4 rings (SSSR count). The average Bonchev–Trinajstić information content (AvgIpc) is 2.82. The van der Waals surface area contributed by atoms with Crippen molar-refractivity contribution >= 4 is 50.4 Å². The summed E-state index contributed by atoms with van der Waals surface area (Å²) in [7, 11) is 0. The van der Waals surface area contributed by atoms with Gasteiger partial charge in [0.25, 0.3) is 0 Å². The largest absolute Gasteiger partial charge is 0.478 e. The van der Waals surface area contributed by atoms with Crippen molar-refractivity contribution in [2.75, 3.05) is 0 Å². The molecule has 0 unspecified atom stereocenters. The fraction of sp³-hybridized carbons (Fsp3) is 0. The second-order valence-corrected chi connectivity index (χ2v) is 5.28. The third-order valence-corrected chi connectivity index (χ3v) is 3.84. The number of halogens is 1. The molecule has 0 spiro atoms. The Morgan fingerprint density at radius 2 is 1.95 bits per heavy atom. The summed E-state index contributed by atoms with van der Waals surface area (Å²) in [4.78, 5) is 19.5. The van der Waals surface area contributed by atoms with Crippen LogP contribution in [0.5, 0.6) is 0 Å². The number of aromatic nitrogens is 2. The number of carboxylic acids is 1. The van der Waals surface area contributed by atoms with Gasteiger partial charge in [0.15, 0.2) is 0 Å². The molecular formula is C16H9ClN2O2. The molecule has 4 nitrogen and oxygen atoms in total. The highest BCUT2D eigenvalue weighted by Crippen LogP contribution is 2.32. The molecule has 0 aliphatic heterocycles. The van der Waals surface area contributed by atoms with Crippen LogP contribution in [-0.2, 0) is 0 Å². The molecule has 2 aromatic carbocycles. The quantitative estimate of drug-likeness (QED) is 0.552. The first-order chi connectivity index (χ1) is 10.1. The number of nitrogens with zero attached hydrogens (tertiary/aromatic N) is 1. The van der Waals surface area contributed by atoms with E-state index < -0.39 is 5.97 Å². The standard InChI is InChI=1S/C16H9ClN2O2/c17-8-5-6-12-10(7-8)13(16(20)21)15-14(18-12)9-3-1-2-4-11(9)19-15/h1-7,19H,(H,20,21). The van der Waals surface area contributed by atoms with Crippen LogP contribution >= 0.6 is 11.6 Å². The van der Waals surface area contributed by atoms with Gasteiger partial charge in [-0.1, -0.05) is 29.8 Å². The number of benzene rings is 2. The van der Waals surface area contributed by atoms with Crippen LogP contribution in [0.1, 0.15) is 10.4 Å². The molecule has 0 atom stereocenters.